The molecule has 0 radical (unpaired) electrons. The molecule has 0 amide bonds. The predicted octanol–water partition coefficient (Wildman–Crippen LogP) is 2.15. The van der Waals surface area contributed by atoms with Gasteiger partial charge in [0.15, 0.2) is 0 Å². The molecule has 0 heterocycles. The van der Waals surface area contributed by atoms with Gasteiger partial charge in [-0.3, -0.25) is 0 Å². The quantitative estimate of drug-likeness (QED) is 0.566. The molecule has 0 aromatic rings. The van der Waals surface area contributed by atoms with E-state index in [1.807, 2.05) is 0 Å². The van der Waals surface area contributed by atoms with Gasteiger partial charge < -0.3 is 4.74 Å². The van der Waals surface area contributed by atoms with Crippen molar-refractivity contribution in [1.82, 2.24) is 0 Å². The Labute approximate surface area is 55.7 Å². The Morgan fingerprint density at radius 3 is 2.11 bits per heavy atom. The van der Waals surface area contributed by atoms with E-state index < -0.39 is 11.7 Å². The molecule has 0 spiro atoms. The van der Waals surface area contributed by atoms with Crippen LogP contribution < -0.4 is 0 Å². The van der Waals surface area contributed by atoms with Crippen LogP contribution in [-0.4, -0.2) is 18.3 Å². The Hall–Kier alpha value is 0.0400. The number of rotatable bonds is 2. The highest BCUT2D eigenvalue weighted by molar-refractivity contribution is 6.20. The van der Waals surface area contributed by atoms with Crippen LogP contribution in [0.15, 0.2) is 0 Å². The number of halogens is 4. The first kappa shape index (κ1) is 9.04. The standard InChI is InChI=1S/C4H6ClF3O/c1-2-9-3(5)4(6,7)8/h3H,2H2,1H3. The number of ether oxygens (including phenoxy) is 1. The molecule has 0 aromatic carbocycles. The van der Waals surface area contributed by atoms with Gasteiger partial charge >= 0.3 is 6.18 Å². The molecular weight excluding hydrogens is 156 g/mol. The molecule has 0 aliphatic heterocycles. The van der Waals surface area contributed by atoms with Crippen molar-refractivity contribution in [2.45, 2.75) is 18.7 Å². The molecule has 56 valence electrons. The Balaban J connectivity index is 3.59. The molecule has 5 heteroatoms. The van der Waals surface area contributed by atoms with Crippen LogP contribution in [0.2, 0.25) is 0 Å². The third-order valence-corrected chi connectivity index (χ3v) is 0.944. The first-order valence-corrected chi connectivity index (χ1v) is 2.74. The van der Waals surface area contributed by atoms with Gasteiger partial charge in [-0.2, -0.15) is 13.2 Å². The lowest BCUT2D eigenvalue weighted by Crippen LogP contribution is -2.25. The van der Waals surface area contributed by atoms with Gasteiger partial charge in [-0.15, -0.1) is 0 Å². The van der Waals surface area contributed by atoms with Crippen molar-refractivity contribution in [2.24, 2.45) is 0 Å². The molecule has 0 fully saturated rings. The lowest BCUT2D eigenvalue weighted by atomic mass is 10.7. The van der Waals surface area contributed by atoms with E-state index in [9.17, 15) is 13.2 Å². The zero-order chi connectivity index (χ0) is 7.49. The van der Waals surface area contributed by atoms with Crippen LogP contribution in [0.3, 0.4) is 0 Å². The van der Waals surface area contributed by atoms with Crippen molar-refractivity contribution in [1.29, 1.82) is 0 Å². The van der Waals surface area contributed by atoms with Crippen molar-refractivity contribution in [3.63, 3.8) is 0 Å². The van der Waals surface area contributed by atoms with Crippen molar-refractivity contribution in [2.75, 3.05) is 6.61 Å². The van der Waals surface area contributed by atoms with Crippen LogP contribution in [0.5, 0.6) is 0 Å². The summed E-state index contributed by atoms with van der Waals surface area (Å²) in [6, 6.07) is 0. The fraction of sp³-hybridized carbons (Fsp3) is 1.00. The smallest absolute Gasteiger partial charge is 0.354 e. The highest BCUT2D eigenvalue weighted by Gasteiger charge is 2.38. The highest BCUT2D eigenvalue weighted by Crippen LogP contribution is 2.25. The first-order valence-electron chi connectivity index (χ1n) is 2.31. The van der Waals surface area contributed by atoms with E-state index in [1.54, 1.807) is 0 Å². The summed E-state index contributed by atoms with van der Waals surface area (Å²) in [7, 11) is 0. The van der Waals surface area contributed by atoms with Gasteiger partial charge in [0.05, 0.1) is 0 Å². The van der Waals surface area contributed by atoms with Gasteiger partial charge in [0.2, 0.25) is 5.56 Å². The molecule has 0 aromatic heterocycles. The molecule has 1 nitrogen and oxygen atoms in total. The maximum Gasteiger partial charge on any atom is 0.428 e. The summed E-state index contributed by atoms with van der Waals surface area (Å²) in [5.41, 5.74) is -2.16. The topological polar surface area (TPSA) is 9.23 Å². The largest absolute Gasteiger partial charge is 0.428 e. The lowest BCUT2D eigenvalue weighted by molar-refractivity contribution is -0.190. The van der Waals surface area contributed by atoms with E-state index in [4.69, 9.17) is 11.6 Å². The molecule has 1 atom stereocenters. The average Bonchev–Trinajstić information content (AvgIpc) is 1.64. The maximum atomic E-state index is 11.4. The summed E-state index contributed by atoms with van der Waals surface area (Å²) in [6.45, 7) is 1.41. The Kier molecular flexibility index (Phi) is 3.28. The van der Waals surface area contributed by atoms with Crippen LogP contribution in [-0.2, 0) is 4.74 Å². The average molecular weight is 163 g/mol. The Morgan fingerprint density at radius 2 is 2.00 bits per heavy atom. The summed E-state index contributed by atoms with van der Waals surface area (Å²) < 4.78 is 38.2. The van der Waals surface area contributed by atoms with E-state index in [0.29, 0.717) is 0 Å². The van der Waals surface area contributed by atoms with E-state index in [-0.39, 0.29) is 6.61 Å². The van der Waals surface area contributed by atoms with Gasteiger partial charge in [-0.1, -0.05) is 11.6 Å². The fourth-order valence-corrected chi connectivity index (χ4v) is 0.367. The maximum absolute atomic E-state index is 11.4. The SMILES string of the molecule is CCOC(Cl)C(F)(F)F. The number of hydrogen-bond donors (Lipinski definition) is 0. The normalized spacial score (nSPS) is 15.7. The molecule has 9 heavy (non-hydrogen) atoms. The van der Waals surface area contributed by atoms with E-state index in [2.05, 4.69) is 4.74 Å². The third kappa shape index (κ3) is 3.59. The van der Waals surface area contributed by atoms with Gasteiger partial charge in [-0.25, -0.2) is 0 Å². The summed E-state index contributed by atoms with van der Waals surface area (Å²) in [4.78, 5) is 0. The van der Waals surface area contributed by atoms with Gasteiger partial charge in [0.1, 0.15) is 0 Å². The lowest BCUT2D eigenvalue weighted by Gasteiger charge is -2.12. The first-order chi connectivity index (χ1) is 3.98. The van der Waals surface area contributed by atoms with Crippen LogP contribution in [0.1, 0.15) is 6.92 Å². The van der Waals surface area contributed by atoms with Gasteiger partial charge in [0.25, 0.3) is 0 Å². The zero-order valence-electron chi connectivity index (χ0n) is 4.70. The molecule has 0 bridgehead atoms. The number of hydrogen-bond acceptors (Lipinski definition) is 1. The second kappa shape index (κ2) is 3.27. The molecule has 0 saturated carbocycles. The number of alkyl halides is 4. The molecule has 0 rings (SSSR count). The minimum atomic E-state index is -4.45. The minimum Gasteiger partial charge on any atom is -0.354 e. The second-order valence-corrected chi connectivity index (χ2v) is 1.71. The van der Waals surface area contributed by atoms with Gasteiger partial charge in [0, 0.05) is 6.61 Å². The van der Waals surface area contributed by atoms with Crippen LogP contribution in [0.4, 0.5) is 13.2 Å². The van der Waals surface area contributed by atoms with E-state index in [1.165, 1.54) is 6.92 Å². The molecule has 0 aliphatic carbocycles. The summed E-state index contributed by atoms with van der Waals surface area (Å²) in [5.74, 6) is 0. The molecule has 0 saturated heterocycles. The summed E-state index contributed by atoms with van der Waals surface area (Å²) >= 11 is 4.71. The van der Waals surface area contributed by atoms with Crippen molar-refractivity contribution in [3.05, 3.63) is 0 Å². The van der Waals surface area contributed by atoms with Crippen molar-refractivity contribution < 1.29 is 17.9 Å². The zero-order valence-corrected chi connectivity index (χ0v) is 5.46. The Morgan fingerprint density at radius 1 is 1.56 bits per heavy atom. The molecule has 0 N–H and O–H groups in total. The molecular formula is C4H6ClF3O. The van der Waals surface area contributed by atoms with Crippen molar-refractivity contribution in [3.8, 4) is 0 Å². The van der Waals surface area contributed by atoms with Crippen LogP contribution in [0.25, 0.3) is 0 Å². The predicted molar refractivity (Wildman–Crippen MR) is 27.3 cm³/mol. The van der Waals surface area contributed by atoms with Crippen LogP contribution in [0, 0.1) is 0 Å². The van der Waals surface area contributed by atoms with Crippen molar-refractivity contribution >= 4 is 11.6 Å². The highest BCUT2D eigenvalue weighted by atomic mass is 35.5. The van der Waals surface area contributed by atoms with E-state index in [0.717, 1.165) is 0 Å². The Bertz CT molecular complexity index is 82.4. The third-order valence-electron chi connectivity index (χ3n) is 0.570. The minimum absolute atomic E-state index is 0.0341. The fourth-order valence-electron chi connectivity index (χ4n) is 0.241. The second-order valence-electron chi connectivity index (χ2n) is 1.31. The van der Waals surface area contributed by atoms with E-state index >= 15 is 0 Å². The van der Waals surface area contributed by atoms with Crippen LogP contribution >= 0.6 is 11.6 Å². The summed E-state index contributed by atoms with van der Waals surface area (Å²) in [5, 5.41) is 0. The molecule has 1 unspecified atom stereocenters. The van der Waals surface area contributed by atoms with Gasteiger partial charge in [-0.05, 0) is 6.92 Å². The molecule has 0 aliphatic rings. The summed E-state index contributed by atoms with van der Waals surface area (Å²) in [6.07, 6.45) is -4.45. The monoisotopic (exact) mass is 162 g/mol.